The Morgan fingerprint density at radius 2 is 1.92 bits per heavy atom. The predicted molar refractivity (Wildman–Crippen MR) is 98.3 cm³/mol. The number of carbonyl (C=O) groups is 1. The quantitative estimate of drug-likeness (QED) is 0.790. The zero-order valence-electron chi connectivity index (χ0n) is 13.9. The lowest BCUT2D eigenvalue weighted by Gasteiger charge is -2.17. The molecule has 0 saturated carbocycles. The zero-order chi connectivity index (χ0) is 17.9. The van der Waals surface area contributed by atoms with E-state index in [1.54, 1.807) is 41.4 Å². The van der Waals surface area contributed by atoms with Gasteiger partial charge in [0.1, 0.15) is 5.69 Å². The van der Waals surface area contributed by atoms with Crippen molar-refractivity contribution in [1.82, 2.24) is 9.97 Å². The minimum Gasteiger partial charge on any atom is -0.324 e. The molecule has 0 aliphatic carbocycles. The summed E-state index contributed by atoms with van der Waals surface area (Å²) < 4.78 is 0. The van der Waals surface area contributed by atoms with Crippen molar-refractivity contribution in [3.05, 3.63) is 77.6 Å². The molecule has 6 nitrogen and oxygen atoms in total. The van der Waals surface area contributed by atoms with Crippen molar-refractivity contribution in [3.8, 4) is 6.07 Å². The van der Waals surface area contributed by atoms with Crippen molar-refractivity contribution >= 4 is 23.2 Å². The molecular formula is C20H15N5O. The smallest absolute Gasteiger partial charge is 0.277 e. The van der Waals surface area contributed by atoms with Gasteiger partial charge in [-0.15, -0.1) is 0 Å². The molecule has 2 aromatic carbocycles. The maximum absolute atomic E-state index is 12.9. The Morgan fingerprint density at radius 3 is 2.73 bits per heavy atom. The Kier molecular flexibility index (Phi) is 4.04. The monoisotopic (exact) mass is 341 g/mol. The zero-order valence-corrected chi connectivity index (χ0v) is 13.9. The first-order valence-electron chi connectivity index (χ1n) is 8.24. The summed E-state index contributed by atoms with van der Waals surface area (Å²) in [5.41, 5.74) is 3.78. The van der Waals surface area contributed by atoms with Gasteiger partial charge in [-0.05, 0) is 48.4 Å². The maximum Gasteiger partial charge on any atom is 0.277 e. The molecule has 3 aromatic rings. The fourth-order valence-electron chi connectivity index (χ4n) is 2.98. The molecule has 4 rings (SSSR count). The van der Waals surface area contributed by atoms with Crippen LogP contribution in [-0.2, 0) is 6.42 Å². The summed E-state index contributed by atoms with van der Waals surface area (Å²) in [4.78, 5) is 23.1. The van der Waals surface area contributed by atoms with Crippen molar-refractivity contribution in [3.63, 3.8) is 0 Å². The average molecular weight is 341 g/mol. The molecule has 1 N–H and O–H groups in total. The van der Waals surface area contributed by atoms with E-state index in [0.717, 1.165) is 17.8 Å². The first-order chi connectivity index (χ1) is 12.7. The highest BCUT2D eigenvalue weighted by Crippen LogP contribution is 2.28. The number of para-hydroxylation sites is 1. The minimum atomic E-state index is -0.139. The molecule has 1 amide bonds. The molecule has 1 aliphatic heterocycles. The Labute approximate surface area is 150 Å². The van der Waals surface area contributed by atoms with E-state index in [-0.39, 0.29) is 5.91 Å². The van der Waals surface area contributed by atoms with Crippen molar-refractivity contribution in [2.24, 2.45) is 0 Å². The molecule has 0 spiro atoms. The third-order valence-corrected chi connectivity index (χ3v) is 4.28. The van der Waals surface area contributed by atoms with Gasteiger partial charge < -0.3 is 10.2 Å². The summed E-state index contributed by atoms with van der Waals surface area (Å²) in [5.74, 6) is 0.202. The van der Waals surface area contributed by atoms with E-state index < -0.39 is 0 Å². The fraction of sp³-hybridized carbons (Fsp3) is 0.100. The molecule has 0 atom stereocenters. The average Bonchev–Trinajstić information content (AvgIpc) is 3.12. The van der Waals surface area contributed by atoms with Crippen LogP contribution in [0.4, 0.5) is 17.3 Å². The molecule has 0 saturated heterocycles. The lowest BCUT2D eigenvalue weighted by molar-refractivity contribution is 0.0984. The minimum absolute atomic E-state index is 0.139. The second-order valence-corrected chi connectivity index (χ2v) is 5.92. The highest BCUT2D eigenvalue weighted by Gasteiger charge is 2.26. The van der Waals surface area contributed by atoms with Crippen LogP contribution in [0.3, 0.4) is 0 Å². The molecule has 2 heterocycles. The van der Waals surface area contributed by atoms with Gasteiger partial charge in [-0.25, -0.2) is 9.97 Å². The number of fused-ring (bicyclic) bond motifs is 1. The first kappa shape index (κ1) is 15.8. The largest absolute Gasteiger partial charge is 0.324 e. The summed E-state index contributed by atoms with van der Waals surface area (Å²) >= 11 is 0. The Morgan fingerprint density at radius 1 is 1.12 bits per heavy atom. The Balaban J connectivity index is 1.56. The van der Waals surface area contributed by atoms with E-state index in [0.29, 0.717) is 23.8 Å². The van der Waals surface area contributed by atoms with Crippen LogP contribution in [0.5, 0.6) is 0 Å². The number of aromatic nitrogens is 2. The highest BCUT2D eigenvalue weighted by atomic mass is 16.2. The summed E-state index contributed by atoms with van der Waals surface area (Å²) in [6, 6.07) is 18.6. The lowest BCUT2D eigenvalue weighted by atomic mass is 10.2. The fourth-order valence-corrected chi connectivity index (χ4v) is 2.98. The van der Waals surface area contributed by atoms with Gasteiger partial charge in [0, 0.05) is 24.1 Å². The molecule has 1 aromatic heterocycles. The second kappa shape index (κ2) is 6.65. The van der Waals surface area contributed by atoms with E-state index >= 15 is 0 Å². The van der Waals surface area contributed by atoms with Gasteiger partial charge in [-0.1, -0.05) is 18.2 Å². The number of rotatable bonds is 3. The molecule has 126 valence electrons. The number of amides is 1. The van der Waals surface area contributed by atoms with E-state index in [1.165, 1.54) is 5.56 Å². The molecule has 26 heavy (non-hydrogen) atoms. The van der Waals surface area contributed by atoms with Crippen molar-refractivity contribution < 1.29 is 4.79 Å². The molecular weight excluding hydrogens is 326 g/mol. The highest BCUT2D eigenvalue weighted by molar-refractivity contribution is 6.06. The van der Waals surface area contributed by atoms with Gasteiger partial charge in [-0.3, -0.25) is 4.79 Å². The third-order valence-electron chi connectivity index (χ3n) is 4.28. The predicted octanol–water partition coefficient (Wildman–Crippen LogP) is 3.29. The lowest BCUT2D eigenvalue weighted by Crippen LogP contribution is -2.29. The molecule has 1 aliphatic rings. The van der Waals surface area contributed by atoms with Gasteiger partial charge in [0.05, 0.1) is 11.6 Å². The molecule has 0 fully saturated rings. The van der Waals surface area contributed by atoms with Crippen LogP contribution in [0.15, 0.2) is 60.8 Å². The Hall–Kier alpha value is -3.72. The normalized spacial score (nSPS) is 12.3. The van der Waals surface area contributed by atoms with Gasteiger partial charge >= 0.3 is 0 Å². The van der Waals surface area contributed by atoms with Crippen molar-refractivity contribution in [2.45, 2.75) is 6.42 Å². The molecule has 6 heteroatoms. The van der Waals surface area contributed by atoms with E-state index in [9.17, 15) is 4.79 Å². The summed E-state index contributed by atoms with van der Waals surface area (Å²) in [5, 5.41) is 11.9. The van der Waals surface area contributed by atoms with Crippen LogP contribution in [-0.4, -0.2) is 22.4 Å². The summed E-state index contributed by atoms with van der Waals surface area (Å²) in [6.45, 7) is 0.653. The SMILES string of the molecule is N#Cc1ccc(Nc2nccc(C(=O)N3CCc4ccccc43)n2)cc1. The van der Waals surface area contributed by atoms with Crippen LogP contribution in [0, 0.1) is 11.3 Å². The van der Waals surface area contributed by atoms with Gasteiger partial charge in [0.15, 0.2) is 0 Å². The summed E-state index contributed by atoms with van der Waals surface area (Å²) in [7, 11) is 0. The first-order valence-corrected chi connectivity index (χ1v) is 8.24. The number of nitrogens with zero attached hydrogens (tertiary/aromatic N) is 4. The number of nitrogens with one attached hydrogen (secondary N) is 1. The van der Waals surface area contributed by atoms with E-state index in [1.807, 2.05) is 24.3 Å². The van der Waals surface area contributed by atoms with Crippen molar-refractivity contribution in [2.75, 3.05) is 16.8 Å². The van der Waals surface area contributed by atoms with Crippen molar-refractivity contribution in [1.29, 1.82) is 5.26 Å². The van der Waals surface area contributed by atoms with Crippen LogP contribution in [0.2, 0.25) is 0 Å². The third kappa shape index (κ3) is 2.98. The Bertz CT molecular complexity index is 1010. The van der Waals surface area contributed by atoms with E-state index in [2.05, 4.69) is 21.4 Å². The second-order valence-electron chi connectivity index (χ2n) is 5.92. The number of carbonyl (C=O) groups excluding carboxylic acids is 1. The number of benzene rings is 2. The summed E-state index contributed by atoms with van der Waals surface area (Å²) in [6.07, 6.45) is 2.41. The standard InChI is InChI=1S/C20H15N5O/c21-13-14-5-7-16(8-6-14)23-20-22-11-9-17(24-20)19(26)25-12-10-15-3-1-2-4-18(15)25/h1-9,11H,10,12H2,(H,22,23,24). The van der Waals surface area contributed by atoms with Crippen LogP contribution >= 0.6 is 0 Å². The van der Waals surface area contributed by atoms with Gasteiger partial charge in [0.2, 0.25) is 5.95 Å². The number of hydrogen-bond donors (Lipinski definition) is 1. The van der Waals surface area contributed by atoms with Crippen LogP contribution < -0.4 is 10.2 Å². The molecule has 0 unspecified atom stereocenters. The van der Waals surface area contributed by atoms with Gasteiger partial charge in [0.25, 0.3) is 5.91 Å². The number of nitriles is 1. The number of anilines is 3. The van der Waals surface area contributed by atoms with E-state index in [4.69, 9.17) is 5.26 Å². The molecule has 0 bridgehead atoms. The number of hydrogen-bond acceptors (Lipinski definition) is 5. The van der Waals surface area contributed by atoms with Gasteiger partial charge in [-0.2, -0.15) is 5.26 Å². The maximum atomic E-state index is 12.9. The van der Waals surface area contributed by atoms with Crippen LogP contribution in [0.1, 0.15) is 21.6 Å². The van der Waals surface area contributed by atoms with Crippen LogP contribution in [0.25, 0.3) is 0 Å². The topological polar surface area (TPSA) is 81.9 Å². The molecule has 0 radical (unpaired) electrons.